The van der Waals surface area contributed by atoms with E-state index >= 15 is 0 Å². The first-order valence-corrected chi connectivity index (χ1v) is 15.2. The number of epoxide rings is 1. The summed E-state index contributed by atoms with van der Waals surface area (Å²) in [5.41, 5.74) is -1.30. The van der Waals surface area contributed by atoms with Crippen LogP contribution in [0.5, 0.6) is 0 Å². The van der Waals surface area contributed by atoms with Crippen LogP contribution < -0.4 is 0 Å². The molecule has 4 saturated heterocycles. The van der Waals surface area contributed by atoms with Gasteiger partial charge in [-0.2, -0.15) is 0 Å². The maximum Gasteiger partial charge on any atom is 0.208 e. The molecule has 5 aliphatic heterocycles. The maximum atomic E-state index is 10.7. The molecule has 47 heavy (non-hydrogen) atoms. The molecule has 270 valence electrons. The Hall–Kier alpha value is -1.22. The second-order valence-electron chi connectivity index (χ2n) is 12.6. The van der Waals surface area contributed by atoms with Crippen molar-refractivity contribution in [2.24, 2.45) is 11.8 Å². The molecule has 5 heterocycles. The number of aliphatic hydroxyl groups is 12. The minimum atomic E-state index is -1.84. The number of rotatable bonds is 10. The lowest BCUT2D eigenvalue weighted by molar-refractivity contribution is -0.357. The molecule has 0 spiro atoms. The Morgan fingerprint density at radius 2 is 1.09 bits per heavy atom. The molecule has 20 heteroatoms. The van der Waals surface area contributed by atoms with Gasteiger partial charge in [-0.05, 0) is 6.08 Å². The van der Waals surface area contributed by atoms with Crippen molar-refractivity contribution in [2.45, 2.75) is 116 Å². The predicted octanol–water partition coefficient (Wildman–Crippen LogP) is -7.94. The van der Waals surface area contributed by atoms with Crippen molar-refractivity contribution in [3.05, 3.63) is 12.3 Å². The van der Waals surface area contributed by atoms with Crippen molar-refractivity contribution in [3.63, 3.8) is 0 Å². The molecule has 20 nitrogen and oxygen atoms in total. The van der Waals surface area contributed by atoms with Crippen molar-refractivity contribution >= 4 is 0 Å². The summed E-state index contributed by atoms with van der Waals surface area (Å²) in [5.74, 6) is -1.49. The molecule has 0 aromatic rings. The van der Waals surface area contributed by atoms with Crippen LogP contribution in [0.15, 0.2) is 12.3 Å². The fraction of sp³-hybridized carbons (Fsp3) is 0.926. The molecule has 1 saturated carbocycles. The average Bonchev–Trinajstić information content (AvgIpc) is 3.75. The van der Waals surface area contributed by atoms with Crippen LogP contribution in [0.25, 0.3) is 0 Å². The SMILES string of the molecule is OCC1OC(OCC2OC(OC3OC=CC4C(OC5OC(CO)C(O)C(O)C5O)C5OC5(CO)C34)C(O)C(O)C2O)C(O)C(O)C1O. The summed E-state index contributed by atoms with van der Waals surface area (Å²) in [5, 5.41) is 122. The van der Waals surface area contributed by atoms with E-state index in [-0.39, 0.29) is 0 Å². The molecule has 12 N–H and O–H groups in total. The van der Waals surface area contributed by atoms with Crippen molar-refractivity contribution in [2.75, 3.05) is 26.4 Å². The van der Waals surface area contributed by atoms with Crippen LogP contribution in [-0.2, 0) is 37.9 Å². The summed E-state index contributed by atoms with van der Waals surface area (Å²) >= 11 is 0. The fourth-order valence-electron chi connectivity index (χ4n) is 7.03. The van der Waals surface area contributed by atoms with Gasteiger partial charge in [0.2, 0.25) is 6.29 Å². The third-order valence-electron chi connectivity index (χ3n) is 9.83. The van der Waals surface area contributed by atoms with E-state index in [1.54, 1.807) is 6.08 Å². The molecule has 0 aromatic heterocycles. The van der Waals surface area contributed by atoms with E-state index in [1.807, 2.05) is 0 Å². The molecule has 0 amide bonds. The standard InChI is InChI=1S/C27H42O20/c28-3-8-12(31)15(34)18(37)24(42-8)41-5-10-14(33)17(36)20(39)26(44-10)46-23-11-7(1-2-40-23)21(22-27(11,6-30)47-22)45-25-19(38)16(35)13(32)9(4-29)43-25/h1-2,7-26,28-39H,3-6H2. The molecule has 0 bridgehead atoms. The monoisotopic (exact) mass is 686 g/mol. The molecule has 0 radical (unpaired) electrons. The second kappa shape index (κ2) is 13.8. The van der Waals surface area contributed by atoms with E-state index in [0.29, 0.717) is 0 Å². The maximum absolute atomic E-state index is 10.7. The normalized spacial score (nSPS) is 55.7. The molecular formula is C27H42O20. The van der Waals surface area contributed by atoms with Crippen LogP contribution in [0.3, 0.4) is 0 Å². The number of ether oxygens (including phenoxy) is 8. The number of aliphatic hydroxyl groups excluding tert-OH is 12. The van der Waals surface area contributed by atoms with Gasteiger partial charge >= 0.3 is 0 Å². The lowest BCUT2D eigenvalue weighted by Gasteiger charge is -2.45. The molecular weight excluding hydrogens is 644 g/mol. The number of hydrogen-bond acceptors (Lipinski definition) is 20. The lowest BCUT2D eigenvalue weighted by Crippen LogP contribution is -2.62. The summed E-state index contributed by atoms with van der Waals surface area (Å²) in [6.07, 6.45) is -24.4. The van der Waals surface area contributed by atoms with E-state index in [1.165, 1.54) is 6.26 Å². The fourth-order valence-corrected chi connectivity index (χ4v) is 7.03. The second-order valence-corrected chi connectivity index (χ2v) is 12.6. The third-order valence-corrected chi connectivity index (χ3v) is 9.83. The zero-order valence-corrected chi connectivity index (χ0v) is 24.7. The van der Waals surface area contributed by atoms with Gasteiger partial charge in [0.15, 0.2) is 18.9 Å². The molecule has 5 fully saturated rings. The lowest BCUT2D eigenvalue weighted by atomic mass is 9.85. The summed E-state index contributed by atoms with van der Waals surface area (Å²) in [7, 11) is 0. The van der Waals surface area contributed by atoms with Crippen LogP contribution in [0.2, 0.25) is 0 Å². The highest BCUT2D eigenvalue weighted by Crippen LogP contribution is 2.61. The van der Waals surface area contributed by atoms with Crippen LogP contribution in [0.1, 0.15) is 0 Å². The predicted molar refractivity (Wildman–Crippen MR) is 142 cm³/mol. The van der Waals surface area contributed by atoms with Gasteiger partial charge in [0.05, 0.1) is 44.7 Å². The minimum absolute atomic E-state index is 0.546. The highest BCUT2D eigenvalue weighted by atomic mass is 16.8. The highest BCUT2D eigenvalue weighted by Gasteiger charge is 2.77. The molecule has 6 aliphatic rings. The largest absolute Gasteiger partial charge is 0.472 e. The van der Waals surface area contributed by atoms with E-state index in [0.717, 1.165) is 0 Å². The van der Waals surface area contributed by atoms with Gasteiger partial charge in [0.1, 0.15) is 85.0 Å². The van der Waals surface area contributed by atoms with Gasteiger partial charge < -0.3 is 99.2 Å². The Labute approximate surface area is 266 Å². The van der Waals surface area contributed by atoms with Crippen molar-refractivity contribution in [1.29, 1.82) is 0 Å². The van der Waals surface area contributed by atoms with Crippen LogP contribution in [-0.4, -0.2) is 204 Å². The first-order valence-electron chi connectivity index (χ1n) is 15.2. The number of fused-ring (bicyclic) bond motifs is 3. The Morgan fingerprint density at radius 3 is 1.66 bits per heavy atom. The van der Waals surface area contributed by atoms with Gasteiger partial charge in [0.25, 0.3) is 0 Å². The molecule has 1 aliphatic carbocycles. The van der Waals surface area contributed by atoms with Gasteiger partial charge in [-0.25, -0.2) is 0 Å². The molecule has 6 rings (SSSR count). The van der Waals surface area contributed by atoms with Gasteiger partial charge in [-0.15, -0.1) is 0 Å². The highest BCUT2D eigenvalue weighted by molar-refractivity contribution is 5.25. The Kier molecular flexibility index (Phi) is 10.5. The van der Waals surface area contributed by atoms with Gasteiger partial charge in [-0.1, -0.05) is 0 Å². The molecule has 21 unspecified atom stereocenters. The van der Waals surface area contributed by atoms with Gasteiger partial charge in [-0.3, -0.25) is 0 Å². The van der Waals surface area contributed by atoms with E-state index in [2.05, 4.69) is 0 Å². The van der Waals surface area contributed by atoms with E-state index in [4.69, 9.17) is 37.9 Å². The summed E-state index contributed by atoms with van der Waals surface area (Å²) in [4.78, 5) is 0. The smallest absolute Gasteiger partial charge is 0.208 e. The summed E-state index contributed by atoms with van der Waals surface area (Å²) < 4.78 is 45.4. The van der Waals surface area contributed by atoms with Crippen molar-refractivity contribution < 1.29 is 99.2 Å². The first-order chi connectivity index (χ1) is 22.4. The van der Waals surface area contributed by atoms with E-state index in [9.17, 15) is 61.3 Å². The topological polar surface area (TPSA) is 320 Å². The van der Waals surface area contributed by atoms with Crippen molar-refractivity contribution in [1.82, 2.24) is 0 Å². The van der Waals surface area contributed by atoms with E-state index < -0.39 is 154 Å². The average molecular weight is 687 g/mol. The minimum Gasteiger partial charge on any atom is -0.472 e. The summed E-state index contributed by atoms with van der Waals surface area (Å²) in [6.45, 7) is -2.52. The number of hydrogen-bond donors (Lipinski definition) is 12. The first kappa shape index (κ1) is 35.6. The molecule has 21 atom stereocenters. The Balaban J connectivity index is 1.14. The van der Waals surface area contributed by atoms with Crippen LogP contribution in [0, 0.1) is 11.8 Å². The Morgan fingerprint density at radius 1 is 0.574 bits per heavy atom. The Bertz CT molecular complexity index is 1100. The van der Waals surface area contributed by atoms with Crippen molar-refractivity contribution in [3.8, 4) is 0 Å². The quantitative estimate of drug-likeness (QED) is 0.0949. The van der Waals surface area contributed by atoms with Crippen LogP contribution in [0.4, 0.5) is 0 Å². The zero-order valence-electron chi connectivity index (χ0n) is 24.7. The zero-order chi connectivity index (χ0) is 33.9. The van der Waals surface area contributed by atoms with Crippen LogP contribution >= 0.6 is 0 Å². The third kappa shape index (κ3) is 6.11. The molecule has 0 aromatic carbocycles. The summed E-state index contributed by atoms with van der Waals surface area (Å²) in [6, 6.07) is 0. The van der Waals surface area contributed by atoms with Gasteiger partial charge in [0, 0.05) is 5.92 Å².